The quantitative estimate of drug-likeness (QED) is 0.720. The number of sulfonamides is 1. The number of hydrogen-bond acceptors (Lipinski definition) is 4. The summed E-state index contributed by atoms with van der Waals surface area (Å²) in [5.74, 6) is -0.765. The normalized spacial score (nSPS) is 16.0. The van der Waals surface area contributed by atoms with Crippen molar-refractivity contribution in [2.45, 2.75) is 18.4 Å². The Labute approximate surface area is 171 Å². The first kappa shape index (κ1) is 21.4. The van der Waals surface area contributed by atoms with E-state index in [0.717, 1.165) is 11.6 Å². The van der Waals surface area contributed by atoms with Crippen molar-refractivity contribution in [2.75, 3.05) is 39.8 Å². The van der Waals surface area contributed by atoms with Crippen LogP contribution in [0.25, 0.3) is 0 Å². The van der Waals surface area contributed by atoms with E-state index in [9.17, 15) is 17.6 Å². The van der Waals surface area contributed by atoms with Gasteiger partial charge in [-0.2, -0.15) is 4.31 Å². The molecule has 1 amide bonds. The minimum atomic E-state index is -3.87. The van der Waals surface area contributed by atoms with E-state index >= 15 is 0 Å². The van der Waals surface area contributed by atoms with E-state index in [0.29, 0.717) is 19.6 Å². The van der Waals surface area contributed by atoms with Gasteiger partial charge in [-0.15, -0.1) is 0 Å². The Morgan fingerprint density at radius 1 is 1.03 bits per heavy atom. The van der Waals surface area contributed by atoms with Gasteiger partial charge in [0, 0.05) is 39.8 Å². The number of carbonyl (C=O) groups is 1. The number of benzene rings is 2. The van der Waals surface area contributed by atoms with Crippen LogP contribution in [-0.4, -0.2) is 68.2 Å². The van der Waals surface area contributed by atoms with Gasteiger partial charge in [-0.3, -0.25) is 9.69 Å². The van der Waals surface area contributed by atoms with Crippen LogP contribution in [0.15, 0.2) is 53.4 Å². The molecule has 1 saturated heterocycles. The van der Waals surface area contributed by atoms with E-state index in [2.05, 4.69) is 0 Å². The molecule has 1 fully saturated rings. The number of nitrogens with zero attached hydrogens (tertiary/aromatic N) is 3. The molecule has 0 atom stereocenters. The molecule has 1 aliphatic rings. The SMILES string of the molecule is Cc1ccc(CN(C)C(=O)CN2CCN(S(=O)(=O)c3ccccc3F)CC2)cc1. The van der Waals surface area contributed by atoms with Crippen molar-refractivity contribution < 1.29 is 17.6 Å². The summed E-state index contributed by atoms with van der Waals surface area (Å²) in [6.07, 6.45) is 0. The molecule has 0 spiro atoms. The Morgan fingerprint density at radius 2 is 1.66 bits per heavy atom. The summed E-state index contributed by atoms with van der Waals surface area (Å²) in [5.41, 5.74) is 2.23. The molecule has 29 heavy (non-hydrogen) atoms. The number of amides is 1. The van der Waals surface area contributed by atoms with E-state index in [-0.39, 0.29) is 30.4 Å². The average Bonchev–Trinajstić information content (AvgIpc) is 2.70. The summed E-state index contributed by atoms with van der Waals surface area (Å²) in [6.45, 7) is 4.09. The van der Waals surface area contributed by atoms with Crippen LogP contribution in [0.1, 0.15) is 11.1 Å². The molecule has 156 valence electrons. The molecule has 0 unspecified atom stereocenters. The van der Waals surface area contributed by atoms with Crippen molar-refractivity contribution in [3.63, 3.8) is 0 Å². The van der Waals surface area contributed by atoms with Gasteiger partial charge >= 0.3 is 0 Å². The van der Waals surface area contributed by atoms with Gasteiger partial charge < -0.3 is 4.90 Å². The maximum atomic E-state index is 13.9. The van der Waals surface area contributed by atoms with Crippen molar-refractivity contribution in [1.29, 1.82) is 0 Å². The lowest BCUT2D eigenvalue weighted by Crippen LogP contribution is -2.51. The average molecular weight is 420 g/mol. The summed E-state index contributed by atoms with van der Waals surface area (Å²) in [7, 11) is -2.10. The molecule has 0 N–H and O–H groups in total. The summed E-state index contributed by atoms with van der Waals surface area (Å²) in [6, 6.07) is 13.4. The predicted molar refractivity (Wildman–Crippen MR) is 109 cm³/mol. The molecule has 0 aromatic heterocycles. The Kier molecular flexibility index (Phi) is 6.66. The first-order valence-electron chi connectivity index (χ1n) is 9.54. The van der Waals surface area contributed by atoms with E-state index in [1.165, 1.54) is 28.1 Å². The molecule has 1 heterocycles. The lowest BCUT2D eigenvalue weighted by Gasteiger charge is -2.34. The molecule has 0 radical (unpaired) electrons. The molecule has 8 heteroatoms. The second-order valence-electron chi connectivity index (χ2n) is 7.35. The number of rotatable bonds is 6. The third-order valence-electron chi connectivity index (χ3n) is 5.11. The summed E-state index contributed by atoms with van der Waals surface area (Å²) in [5, 5.41) is 0. The van der Waals surface area contributed by atoms with Crippen LogP contribution in [0.5, 0.6) is 0 Å². The Morgan fingerprint density at radius 3 is 2.28 bits per heavy atom. The van der Waals surface area contributed by atoms with Crippen molar-refractivity contribution in [3.05, 3.63) is 65.5 Å². The Bertz CT molecular complexity index is 955. The molecule has 2 aromatic carbocycles. The Hall–Kier alpha value is -2.29. The number of carbonyl (C=O) groups excluding carboxylic acids is 1. The maximum Gasteiger partial charge on any atom is 0.246 e. The maximum absolute atomic E-state index is 13.9. The fourth-order valence-corrected chi connectivity index (χ4v) is 4.78. The Balaban J connectivity index is 1.53. The van der Waals surface area contributed by atoms with E-state index in [1.54, 1.807) is 11.9 Å². The lowest BCUT2D eigenvalue weighted by molar-refractivity contribution is -0.131. The molecule has 0 bridgehead atoms. The van der Waals surface area contributed by atoms with Gasteiger partial charge in [-0.05, 0) is 24.6 Å². The molecule has 1 aliphatic heterocycles. The monoisotopic (exact) mass is 419 g/mol. The van der Waals surface area contributed by atoms with Gasteiger partial charge in [0.15, 0.2) is 0 Å². The largest absolute Gasteiger partial charge is 0.340 e. The van der Waals surface area contributed by atoms with Crippen LogP contribution < -0.4 is 0 Å². The van der Waals surface area contributed by atoms with Crippen molar-refractivity contribution in [3.8, 4) is 0 Å². The number of piperazine rings is 1. The zero-order chi connectivity index (χ0) is 21.0. The van der Waals surface area contributed by atoms with Crippen molar-refractivity contribution >= 4 is 15.9 Å². The van der Waals surface area contributed by atoms with E-state index in [4.69, 9.17) is 0 Å². The van der Waals surface area contributed by atoms with Gasteiger partial charge in [-0.25, -0.2) is 12.8 Å². The molecular formula is C21H26FN3O3S. The lowest BCUT2D eigenvalue weighted by atomic mass is 10.1. The van der Waals surface area contributed by atoms with Gasteiger partial charge in [0.1, 0.15) is 10.7 Å². The molecule has 2 aromatic rings. The minimum absolute atomic E-state index is 0.0176. The molecular weight excluding hydrogens is 393 g/mol. The van der Waals surface area contributed by atoms with Gasteiger partial charge in [0.2, 0.25) is 15.9 Å². The van der Waals surface area contributed by atoms with Crippen LogP contribution >= 0.6 is 0 Å². The molecule has 0 saturated carbocycles. The van der Waals surface area contributed by atoms with Crippen LogP contribution in [-0.2, 0) is 21.4 Å². The molecule has 0 aliphatic carbocycles. The predicted octanol–water partition coefficient (Wildman–Crippen LogP) is 2.10. The fraction of sp³-hybridized carbons (Fsp3) is 0.381. The number of aryl methyl sites for hydroxylation is 1. The highest BCUT2D eigenvalue weighted by molar-refractivity contribution is 7.89. The van der Waals surface area contributed by atoms with Crippen molar-refractivity contribution in [1.82, 2.24) is 14.1 Å². The summed E-state index contributed by atoms with van der Waals surface area (Å²) in [4.78, 5) is 15.8. The van der Waals surface area contributed by atoms with Gasteiger partial charge in [-0.1, -0.05) is 42.0 Å². The highest BCUT2D eigenvalue weighted by Crippen LogP contribution is 2.20. The third kappa shape index (κ3) is 5.20. The van der Waals surface area contributed by atoms with E-state index in [1.807, 2.05) is 36.1 Å². The van der Waals surface area contributed by atoms with Crippen molar-refractivity contribution in [2.24, 2.45) is 0 Å². The standard InChI is InChI=1S/C21H26FN3O3S/c1-17-7-9-18(10-8-17)15-23(2)21(26)16-24-11-13-25(14-12-24)29(27,28)20-6-4-3-5-19(20)22/h3-10H,11-16H2,1-2H3. The number of hydrogen-bond donors (Lipinski definition) is 0. The van der Waals surface area contributed by atoms with Crippen LogP contribution in [0.2, 0.25) is 0 Å². The first-order chi connectivity index (χ1) is 13.8. The third-order valence-corrected chi connectivity index (χ3v) is 7.04. The fourth-order valence-electron chi connectivity index (χ4n) is 3.29. The number of likely N-dealkylation sites (N-methyl/N-ethyl adjacent to an activating group) is 1. The first-order valence-corrected chi connectivity index (χ1v) is 11.0. The second kappa shape index (κ2) is 9.02. The van der Waals surface area contributed by atoms with Gasteiger partial charge in [0.05, 0.1) is 6.54 Å². The smallest absolute Gasteiger partial charge is 0.246 e. The van der Waals surface area contributed by atoms with Gasteiger partial charge in [0.25, 0.3) is 0 Å². The topological polar surface area (TPSA) is 60.9 Å². The van der Waals surface area contributed by atoms with Crippen LogP contribution in [0, 0.1) is 12.7 Å². The number of halogens is 1. The highest BCUT2D eigenvalue weighted by Gasteiger charge is 2.31. The van der Waals surface area contributed by atoms with Crippen LogP contribution in [0.4, 0.5) is 4.39 Å². The summed E-state index contributed by atoms with van der Waals surface area (Å²) < 4.78 is 40.5. The molecule has 6 nitrogen and oxygen atoms in total. The zero-order valence-corrected chi connectivity index (χ0v) is 17.5. The summed E-state index contributed by atoms with van der Waals surface area (Å²) >= 11 is 0. The minimum Gasteiger partial charge on any atom is -0.340 e. The zero-order valence-electron chi connectivity index (χ0n) is 16.7. The van der Waals surface area contributed by atoms with E-state index < -0.39 is 15.8 Å². The molecule has 3 rings (SSSR count). The highest BCUT2D eigenvalue weighted by atomic mass is 32.2. The second-order valence-corrected chi connectivity index (χ2v) is 9.25. The van der Waals surface area contributed by atoms with Crippen LogP contribution in [0.3, 0.4) is 0 Å².